The second-order valence-electron chi connectivity index (χ2n) is 6.75. The van der Waals surface area contributed by atoms with Crippen molar-refractivity contribution in [3.05, 3.63) is 23.8 Å². The predicted octanol–water partition coefficient (Wildman–Crippen LogP) is 4.93. The van der Waals surface area contributed by atoms with E-state index < -0.39 is 0 Å². The lowest BCUT2D eigenvalue weighted by molar-refractivity contribution is -0.115. The van der Waals surface area contributed by atoms with Crippen molar-refractivity contribution in [2.75, 3.05) is 6.61 Å². The summed E-state index contributed by atoms with van der Waals surface area (Å²) >= 11 is 0. The summed E-state index contributed by atoms with van der Waals surface area (Å²) in [7, 11) is 0. The molecule has 1 rings (SSSR count). The van der Waals surface area contributed by atoms with Crippen LogP contribution in [-0.4, -0.2) is 17.5 Å². The van der Waals surface area contributed by atoms with Crippen molar-refractivity contribution in [1.82, 2.24) is 0 Å². The Morgan fingerprint density at radius 2 is 2.00 bits per heavy atom. The van der Waals surface area contributed by atoms with Crippen LogP contribution in [0.25, 0.3) is 0 Å². The van der Waals surface area contributed by atoms with Crippen LogP contribution in [0.5, 0.6) is 0 Å². The second-order valence-corrected chi connectivity index (χ2v) is 6.75. The van der Waals surface area contributed by atoms with Gasteiger partial charge in [-0.15, -0.1) is 0 Å². The summed E-state index contributed by atoms with van der Waals surface area (Å²) in [4.78, 5) is 10.7. The maximum absolute atomic E-state index is 10.7. The fourth-order valence-corrected chi connectivity index (χ4v) is 2.30. The highest BCUT2D eigenvalue weighted by molar-refractivity contribution is 5.90. The normalized spacial score (nSPS) is 19.0. The molecule has 0 aliphatic heterocycles. The fraction of sp³-hybridized carbons (Fsp3) is 0.737. The molecule has 0 radical (unpaired) electrons. The highest BCUT2D eigenvalue weighted by Crippen LogP contribution is 2.22. The summed E-state index contributed by atoms with van der Waals surface area (Å²) in [6, 6.07) is 0. The summed E-state index contributed by atoms with van der Waals surface area (Å²) in [5.41, 5.74) is 1.39. The number of rotatable bonds is 6. The first-order chi connectivity index (χ1) is 9.86. The van der Waals surface area contributed by atoms with Crippen molar-refractivity contribution in [3.63, 3.8) is 0 Å². The zero-order valence-electron chi connectivity index (χ0n) is 14.6. The molecule has 1 N–H and O–H groups in total. The molecule has 0 spiro atoms. The van der Waals surface area contributed by atoms with Crippen LogP contribution in [0.1, 0.15) is 66.7 Å². The van der Waals surface area contributed by atoms with Crippen molar-refractivity contribution in [3.8, 4) is 0 Å². The van der Waals surface area contributed by atoms with E-state index >= 15 is 0 Å². The molecule has 0 heterocycles. The van der Waals surface area contributed by atoms with Gasteiger partial charge in [-0.2, -0.15) is 0 Å². The van der Waals surface area contributed by atoms with Crippen LogP contribution in [-0.2, 0) is 4.79 Å². The molecule has 0 aromatic carbocycles. The average Bonchev–Trinajstić information content (AvgIpc) is 2.39. The number of allylic oxidation sites excluding steroid dienone is 4. The van der Waals surface area contributed by atoms with Gasteiger partial charge in [-0.05, 0) is 63.4 Å². The van der Waals surface area contributed by atoms with Gasteiger partial charge in [0.15, 0.2) is 5.78 Å². The first-order valence-corrected chi connectivity index (χ1v) is 8.32. The van der Waals surface area contributed by atoms with E-state index in [9.17, 15) is 4.79 Å². The van der Waals surface area contributed by atoms with Crippen LogP contribution < -0.4 is 0 Å². The molecule has 0 aromatic heterocycles. The van der Waals surface area contributed by atoms with Gasteiger partial charge in [0.2, 0.25) is 0 Å². The zero-order chi connectivity index (χ0) is 16.3. The van der Waals surface area contributed by atoms with Crippen LogP contribution in [0.3, 0.4) is 0 Å². The summed E-state index contributed by atoms with van der Waals surface area (Å²) in [6.07, 6.45) is 11.1. The number of aliphatic hydroxyl groups excluding tert-OH is 1. The molecule has 0 aromatic rings. The number of aliphatic hydroxyl groups is 1. The van der Waals surface area contributed by atoms with Gasteiger partial charge < -0.3 is 5.11 Å². The molecule has 1 aliphatic rings. The standard InChI is InChI=1S/C10H20O.C9H14O/c1-9(2)5-4-6-10(3)7-8-11;1-7(2)8-3-5-9(10)6-4-8/h5,10-11H,4,6-8H2,1-3H3;3,5,7-8H,4,6H2,1-2H3. The smallest absolute Gasteiger partial charge is 0.155 e. The van der Waals surface area contributed by atoms with Crippen molar-refractivity contribution < 1.29 is 9.90 Å². The molecule has 21 heavy (non-hydrogen) atoms. The monoisotopic (exact) mass is 294 g/mol. The van der Waals surface area contributed by atoms with Gasteiger partial charge in [0.05, 0.1) is 0 Å². The van der Waals surface area contributed by atoms with E-state index in [0.717, 1.165) is 25.7 Å². The molecular weight excluding hydrogens is 260 g/mol. The maximum Gasteiger partial charge on any atom is 0.155 e. The molecule has 2 nitrogen and oxygen atoms in total. The Bertz CT molecular complexity index is 335. The van der Waals surface area contributed by atoms with Crippen LogP contribution in [0.15, 0.2) is 23.8 Å². The van der Waals surface area contributed by atoms with Gasteiger partial charge in [0.25, 0.3) is 0 Å². The van der Waals surface area contributed by atoms with Crippen molar-refractivity contribution in [2.24, 2.45) is 17.8 Å². The molecule has 2 atom stereocenters. The summed E-state index contributed by atoms with van der Waals surface area (Å²) in [5.74, 6) is 2.27. The largest absolute Gasteiger partial charge is 0.396 e. The van der Waals surface area contributed by atoms with Crippen molar-refractivity contribution in [1.29, 1.82) is 0 Å². The van der Waals surface area contributed by atoms with E-state index in [1.165, 1.54) is 12.0 Å². The van der Waals surface area contributed by atoms with Gasteiger partial charge in [0.1, 0.15) is 0 Å². The molecule has 1 aliphatic carbocycles. The molecule has 2 heteroatoms. The predicted molar refractivity (Wildman–Crippen MR) is 91.2 cm³/mol. The Morgan fingerprint density at radius 3 is 2.43 bits per heavy atom. The molecular formula is C19H34O2. The lowest BCUT2D eigenvalue weighted by atomic mass is 9.86. The molecule has 0 fully saturated rings. The van der Waals surface area contributed by atoms with Gasteiger partial charge in [-0.25, -0.2) is 0 Å². The molecule has 0 saturated heterocycles. The van der Waals surface area contributed by atoms with Gasteiger partial charge in [-0.3, -0.25) is 4.79 Å². The maximum atomic E-state index is 10.7. The third-order valence-corrected chi connectivity index (χ3v) is 3.94. The summed E-state index contributed by atoms with van der Waals surface area (Å²) < 4.78 is 0. The van der Waals surface area contributed by atoms with Crippen LogP contribution in [0, 0.1) is 17.8 Å². The highest BCUT2D eigenvalue weighted by atomic mass is 16.3. The molecule has 0 saturated carbocycles. The number of hydrogen-bond donors (Lipinski definition) is 1. The Balaban J connectivity index is 0.000000382. The number of ketones is 1. The van der Waals surface area contributed by atoms with Crippen molar-refractivity contribution >= 4 is 5.78 Å². The minimum Gasteiger partial charge on any atom is -0.396 e. The van der Waals surface area contributed by atoms with Gasteiger partial charge >= 0.3 is 0 Å². The van der Waals surface area contributed by atoms with E-state index in [-0.39, 0.29) is 5.78 Å². The average molecular weight is 294 g/mol. The molecule has 0 amide bonds. The first kappa shape index (κ1) is 20.1. The minimum atomic E-state index is 0.289. The first-order valence-electron chi connectivity index (χ1n) is 8.32. The Hall–Kier alpha value is -0.890. The van der Waals surface area contributed by atoms with Crippen LogP contribution in [0.2, 0.25) is 0 Å². The van der Waals surface area contributed by atoms with Gasteiger partial charge in [-0.1, -0.05) is 38.5 Å². The van der Waals surface area contributed by atoms with Crippen LogP contribution in [0.4, 0.5) is 0 Å². The Labute approximate surface area is 131 Å². The quantitative estimate of drug-likeness (QED) is 0.705. The SMILES string of the molecule is CC(C)=CCCC(C)CCO.CC(C)C1C=CC(=O)CC1. The van der Waals surface area contributed by atoms with Gasteiger partial charge in [0, 0.05) is 13.0 Å². The minimum absolute atomic E-state index is 0.289. The Kier molecular flexibility index (Phi) is 11.2. The number of carbonyl (C=O) groups excluding carboxylic acids is 1. The van der Waals surface area contributed by atoms with E-state index in [1.54, 1.807) is 6.08 Å². The van der Waals surface area contributed by atoms with Crippen LogP contribution >= 0.6 is 0 Å². The zero-order valence-corrected chi connectivity index (χ0v) is 14.6. The number of carbonyl (C=O) groups is 1. The third-order valence-electron chi connectivity index (χ3n) is 3.94. The van der Waals surface area contributed by atoms with E-state index in [2.05, 4.69) is 46.8 Å². The third kappa shape index (κ3) is 11.4. The molecule has 122 valence electrons. The van der Waals surface area contributed by atoms with E-state index in [1.807, 2.05) is 0 Å². The number of hydrogen-bond acceptors (Lipinski definition) is 2. The van der Waals surface area contributed by atoms with Crippen molar-refractivity contribution in [2.45, 2.75) is 66.7 Å². The molecule has 0 bridgehead atoms. The fourth-order valence-electron chi connectivity index (χ4n) is 2.30. The second kappa shape index (κ2) is 11.7. The Morgan fingerprint density at radius 1 is 1.33 bits per heavy atom. The topological polar surface area (TPSA) is 37.3 Å². The lowest BCUT2D eigenvalue weighted by Gasteiger charge is -2.18. The summed E-state index contributed by atoms with van der Waals surface area (Å²) in [5, 5.41) is 8.63. The van der Waals surface area contributed by atoms with E-state index in [4.69, 9.17) is 5.11 Å². The lowest BCUT2D eigenvalue weighted by Crippen LogP contribution is -2.12. The highest BCUT2D eigenvalue weighted by Gasteiger charge is 2.15. The van der Waals surface area contributed by atoms with E-state index in [0.29, 0.717) is 24.4 Å². The molecule has 2 unspecified atom stereocenters. The summed E-state index contributed by atoms with van der Waals surface area (Å²) in [6.45, 7) is 11.2.